The van der Waals surface area contributed by atoms with E-state index >= 15 is 0 Å². The maximum atomic E-state index is 10.9. The standard InChI is InChI=1S/C8H9N3O/c1-4-7-5(10-8(4)9)2-3-6(12)11-7/h2-3,10H,9H2,1H3,(H,11,12). The first kappa shape index (κ1) is 6.97. The number of aromatic nitrogens is 2. The first-order valence-electron chi connectivity index (χ1n) is 3.65. The number of anilines is 1. The molecule has 0 spiro atoms. The quantitative estimate of drug-likeness (QED) is 0.536. The molecule has 0 aliphatic heterocycles. The van der Waals surface area contributed by atoms with Crippen molar-refractivity contribution < 1.29 is 0 Å². The van der Waals surface area contributed by atoms with E-state index in [1.165, 1.54) is 6.07 Å². The van der Waals surface area contributed by atoms with E-state index in [-0.39, 0.29) is 5.56 Å². The molecule has 0 fully saturated rings. The van der Waals surface area contributed by atoms with Gasteiger partial charge in [-0.2, -0.15) is 0 Å². The summed E-state index contributed by atoms with van der Waals surface area (Å²) in [6.07, 6.45) is 0. The maximum Gasteiger partial charge on any atom is 0.248 e. The summed E-state index contributed by atoms with van der Waals surface area (Å²) < 4.78 is 0. The van der Waals surface area contributed by atoms with Crippen molar-refractivity contribution in [2.45, 2.75) is 6.92 Å². The highest BCUT2D eigenvalue weighted by molar-refractivity contribution is 5.83. The number of rotatable bonds is 0. The van der Waals surface area contributed by atoms with Crippen molar-refractivity contribution in [3.8, 4) is 0 Å². The van der Waals surface area contributed by atoms with Gasteiger partial charge in [-0.3, -0.25) is 4.79 Å². The second kappa shape index (κ2) is 2.14. The Labute approximate surface area is 68.4 Å². The van der Waals surface area contributed by atoms with Crippen LogP contribution in [0.4, 0.5) is 5.82 Å². The third kappa shape index (κ3) is 0.812. The van der Waals surface area contributed by atoms with E-state index in [0.717, 1.165) is 16.6 Å². The van der Waals surface area contributed by atoms with Crippen LogP contribution in [0.3, 0.4) is 0 Å². The lowest BCUT2D eigenvalue weighted by Gasteiger charge is -1.88. The van der Waals surface area contributed by atoms with Crippen LogP contribution in [0.25, 0.3) is 11.0 Å². The molecule has 2 aromatic rings. The molecule has 2 aromatic heterocycles. The minimum absolute atomic E-state index is 0.107. The Balaban J connectivity index is 2.98. The van der Waals surface area contributed by atoms with E-state index in [1.54, 1.807) is 6.07 Å². The van der Waals surface area contributed by atoms with Gasteiger partial charge in [-0.1, -0.05) is 0 Å². The van der Waals surface area contributed by atoms with Crippen molar-refractivity contribution in [1.29, 1.82) is 0 Å². The lowest BCUT2D eigenvalue weighted by molar-refractivity contribution is 1.30. The van der Waals surface area contributed by atoms with E-state index in [9.17, 15) is 4.79 Å². The van der Waals surface area contributed by atoms with Gasteiger partial charge in [-0.05, 0) is 13.0 Å². The van der Waals surface area contributed by atoms with Crippen molar-refractivity contribution in [3.05, 3.63) is 28.0 Å². The lowest BCUT2D eigenvalue weighted by atomic mass is 10.3. The van der Waals surface area contributed by atoms with Crippen molar-refractivity contribution in [1.82, 2.24) is 9.97 Å². The molecule has 0 saturated carbocycles. The number of nitrogens with two attached hydrogens (primary N) is 1. The van der Waals surface area contributed by atoms with Gasteiger partial charge in [0.2, 0.25) is 5.56 Å². The van der Waals surface area contributed by atoms with Crippen LogP contribution in [0.5, 0.6) is 0 Å². The van der Waals surface area contributed by atoms with Gasteiger partial charge < -0.3 is 15.7 Å². The molecule has 0 radical (unpaired) electrons. The zero-order valence-corrected chi connectivity index (χ0v) is 6.64. The van der Waals surface area contributed by atoms with Crippen molar-refractivity contribution in [2.75, 3.05) is 5.73 Å². The van der Waals surface area contributed by atoms with Crippen LogP contribution in [0, 0.1) is 6.92 Å². The number of hydrogen-bond acceptors (Lipinski definition) is 2. The fourth-order valence-corrected chi connectivity index (χ4v) is 1.25. The minimum Gasteiger partial charge on any atom is -0.385 e. The molecular formula is C8H9N3O. The van der Waals surface area contributed by atoms with Crippen molar-refractivity contribution >= 4 is 16.9 Å². The topological polar surface area (TPSA) is 74.7 Å². The monoisotopic (exact) mass is 163 g/mol. The Hall–Kier alpha value is -1.71. The fraction of sp³-hybridized carbons (Fsp3) is 0.125. The largest absolute Gasteiger partial charge is 0.385 e. The molecule has 4 nitrogen and oxygen atoms in total. The third-order valence-corrected chi connectivity index (χ3v) is 1.97. The summed E-state index contributed by atoms with van der Waals surface area (Å²) in [5.74, 6) is 0.604. The SMILES string of the molecule is Cc1c(N)[nH]c2ccc(=O)[nH]c12. The number of fused-ring (bicyclic) bond motifs is 1. The van der Waals surface area contributed by atoms with Gasteiger partial charge >= 0.3 is 0 Å². The van der Waals surface area contributed by atoms with E-state index in [1.807, 2.05) is 6.92 Å². The highest BCUT2D eigenvalue weighted by atomic mass is 16.1. The molecule has 0 saturated heterocycles. The Bertz CT molecular complexity index is 480. The zero-order valence-electron chi connectivity index (χ0n) is 6.64. The highest BCUT2D eigenvalue weighted by Gasteiger charge is 2.03. The third-order valence-electron chi connectivity index (χ3n) is 1.97. The van der Waals surface area contributed by atoms with E-state index in [4.69, 9.17) is 5.73 Å². The van der Waals surface area contributed by atoms with Gasteiger partial charge in [0.05, 0.1) is 11.0 Å². The van der Waals surface area contributed by atoms with E-state index in [0.29, 0.717) is 5.82 Å². The van der Waals surface area contributed by atoms with Crippen molar-refractivity contribution in [3.63, 3.8) is 0 Å². The Morgan fingerprint density at radius 3 is 2.83 bits per heavy atom. The molecule has 4 heteroatoms. The average molecular weight is 163 g/mol. The first-order chi connectivity index (χ1) is 5.68. The molecule has 0 amide bonds. The Morgan fingerprint density at radius 1 is 1.33 bits per heavy atom. The number of aryl methyl sites for hydroxylation is 1. The molecule has 2 heterocycles. The van der Waals surface area contributed by atoms with Gasteiger partial charge in [0, 0.05) is 11.6 Å². The summed E-state index contributed by atoms with van der Waals surface area (Å²) in [5, 5.41) is 0. The van der Waals surface area contributed by atoms with Crippen LogP contribution < -0.4 is 11.3 Å². The fourth-order valence-electron chi connectivity index (χ4n) is 1.25. The predicted octanol–water partition coefficient (Wildman–Crippen LogP) is 0.747. The molecular weight excluding hydrogens is 154 g/mol. The van der Waals surface area contributed by atoms with Crippen LogP contribution in [-0.2, 0) is 0 Å². The molecule has 12 heavy (non-hydrogen) atoms. The van der Waals surface area contributed by atoms with Gasteiger partial charge in [-0.25, -0.2) is 0 Å². The molecule has 4 N–H and O–H groups in total. The van der Waals surface area contributed by atoms with Gasteiger partial charge in [0.25, 0.3) is 0 Å². The summed E-state index contributed by atoms with van der Waals surface area (Å²) in [7, 11) is 0. The van der Waals surface area contributed by atoms with E-state index < -0.39 is 0 Å². The first-order valence-corrected chi connectivity index (χ1v) is 3.65. The number of pyridine rings is 1. The second-order valence-corrected chi connectivity index (χ2v) is 2.77. The Morgan fingerprint density at radius 2 is 2.08 bits per heavy atom. The normalized spacial score (nSPS) is 10.8. The van der Waals surface area contributed by atoms with Crippen LogP contribution >= 0.6 is 0 Å². The summed E-state index contributed by atoms with van der Waals surface area (Å²) >= 11 is 0. The van der Waals surface area contributed by atoms with Gasteiger partial charge in [0.1, 0.15) is 5.82 Å². The Kier molecular flexibility index (Phi) is 1.24. The van der Waals surface area contributed by atoms with Crippen LogP contribution in [-0.4, -0.2) is 9.97 Å². The molecule has 2 rings (SSSR count). The predicted molar refractivity (Wildman–Crippen MR) is 48.1 cm³/mol. The minimum atomic E-state index is -0.107. The van der Waals surface area contributed by atoms with Crippen LogP contribution in [0.1, 0.15) is 5.56 Å². The number of aromatic amines is 2. The number of H-pyrrole nitrogens is 2. The molecule has 0 aliphatic carbocycles. The average Bonchev–Trinajstić information content (AvgIpc) is 2.31. The molecule has 0 atom stereocenters. The summed E-state index contributed by atoms with van der Waals surface area (Å²) in [6.45, 7) is 1.87. The second-order valence-electron chi connectivity index (χ2n) is 2.77. The zero-order chi connectivity index (χ0) is 8.72. The summed E-state index contributed by atoms with van der Waals surface area (Å²) in [6, 6.07) is 3.19. The molecule has 0 bridgehead atoms. The maximum absolute atomic E-state index is 10.9. The molecule has 0 unspecified atom stereocenters. The number of nitrogens with one attached hydrogen (secondary N) is 2. The molecule has 0 aromatic carbocycles. The van der Waals surface area contributed by atoms with Gasteiger partial charge in [0.15, 0.2) is 0 Å². The molecule has 62 valence electrons. The number of nitrogen functional groups attached to an aromatic ring is 1. The van der Waals surface area contributed by atoms with Crippen LogP contribution in [0.2, 0.25) is 0 Å². The smallest absolute Gasteiger partial charge is 0.248 e. The van der Waals surface area contributed by atoms with E-state index in [2.05, 4.69) is 9.97 Å². The highest BCUT2D eigenvalue weighted by Crippen LogP contribution is 2.18. The number of hydrogen-bond donors (Lipinski definition) is 3. The van der Waals surface area contributed by atoms with Crippen molar-refractivity contribution in [2.24, 2.45) is 0 Å². The summed E-state index contributed by atoms with van der Waals surface area (Å²) in [5.41, 5.74) is 8.07. The summed E-state index contributed by atoms with van der Waals surface area (Å²) in [4.78, 5) is 16.6. The lowest BCUT2D eigenvalue weighted by Crippen LogP contribution is -2.01. The van der Waals surface area contributed by atoms with Crippen LogP contribution in [0.15, 0.2) is 16.9 Å². The van der Waals surface area contributed by atoms with Gasteiger partial charge in [-0.15, -0.1) is 0 Å². The molecule has 0 aliphatic rings.